The minimum Gasteiger partial charge on any atom is -0.481 e. The molecule has 4 nitrogen and oxygen atoms in total. The number of carbonyl (C=O) groups excluding carboxylic acids is 1. The molecule has 20 heavy (non-hydrogen) atoms. The number of nitriles is 1. The van der Waals surface area contributed by atoms with Gasteiger partial charge in [0, 0.05) is 4.88 Å². The van der Waals surface area contributed by atoms with Gasteiger partial charge in [0.15, 0.2) is 6.10 Å². The Morgan fingerprint density at radius 3 is 2.75 bits per heavy atom. The van der Waals surface area contributed by atoms with Gasteiger partial charge < -0.3 is 10.1 Å². The van der Waals surface area contributed by atoms with Crippen molar-refractivity contribution < 1.29 is 9.53 Å². The molecule has 2 rings (SSSR count). The second kappa shape index (κ2) is 6.73. The predicted molar refractivity (Wildman–Crippen MR) is 77.4 cm³/mol. The average molecular weight is 286 g/mol. The van der Waals surface area contributed by atoms with Crippen molar-refractivity contribution in [2.75, 3.05) is 0 Å². The Morgan fingerprint density at radius 2 is 2.15 bits per heavy atom. The van der Waals surface area contributed by atoms with Crippen molar-refractivity contribution in [3.05, 3.63) is 52.2 Å². The molecule has 0 radical (unpaired) electrons. The molecule has 1 aromatic heterocycles. The van der Waals surface area contributed by atoms with Gasteiger partial charge in [0.05, 0.1) is 18.2 Å². The Hall–Kier alpha value is -2.32. The molecule has 0 aliphatic carbocycles. The van der Waals surface area contributed by atoms with Gasteiger partial charge in [-0.3, -0.25) is 4.79 Å². The van der Waals surface area contributed by atoms with Crippen LogP contribution < -0.4 is 10.1 Å². The molecule has 0 fully saturated rings. The monoisotopic (exact) mass is 286 g/mol. The molecule has 1 heterocycles. The van der Waals surface area contributed by atoms with Crippen LogP contribution in [0.25, 0.3) is 0 Å². The zero-order chi connectivity index (χ0) is 14.4. The normalized spacial score (nSPS) is 11.4. The van der Waals surface area contributed by atoms with E-state index < -0.39 is 6.10 Å². The fourth-order valence-corrected chi connectivity index (χ4v) is 2.24. The van der Waals surface area contributed by atoms with Crippen LogP contribution in [-0.2, 0) is 11.3 Å². The summed E-state index contributed by atoms with van der Waals surface area (Å²) in [6, 6.07) is 12.6. The summed E-state index contributed by atoms with van der Waals surface area (Å²) in [5, 5.41) is 13.5. The van der Waals surface area contributed by atoms with Crippen LogP contribution in [0.3, 0.4) is 0 Å². The van der Waals surface area contributed by atoms with Crippen LogP contribution in [0.2, 0.25) is 0 Å². The molecule has 1 aromatic carbocycles. The highest BCUT2D eigenvalue weighted by atomic mass is 32.1. The van der Waals surface area contributed by atoms with Crippen LogP contribution in [0.5, 0.6) is 5.75 Å². The second-order valence-corrected chi connectivity index (χ2v) is 5.23. The van der Waals surface area contributed by atoms with E-state index in [1.807, 2.05) is 23.6 Å². The molecule has 1 unspecified atom stereocenters. The molecule has 1 N–H and O–H groups in total. The van der Waals surface area contributed by atoms with Crippen molar-refractivity contribution in [3.8, 4) is 11.8 Å². The van der Waals surface area contributed by atoms with E-state index in [1.54, 1.807) is 42.5 Å². The van der Waals surface area contributed by atoms with E-state index in [0.29, 0.717) is 17.9 Å². The van der Waals surface area contributed by atoms with E-state index >= 15 is 0 Å². The van der Waals surface area contributed by atoms with Gasteiger partial charge in [0.2, 0.25) is 0 Å². The summed E-state index contributed by atoms with van der Waals surface area (Å²) in [6.07, 6.45) is -0.581. The van der Waals surface area contributed by atoms with Crippen molar-refractivity contribution in [1.29, 1.82) is 5.26 Å². The molecule has 5 heteroatoms. The predicted octanol–water partition coefficient (Wildman–Crippen LogP) is 2.70. The minimum atomic E-state index is -0.581. The lowest BCUT2D eigenvalue weighted by atomic mass is 10.2. The molecule has 0 saturated carbocycles. The maximum atomic E-state index is 11.9. The number of hydrogen-bond donors (Lipinski definition) is 1. The van der Waals surface area contributed by atoms with Crippen LogP contribution in [-0.4, -0.2) is 12.0 Å². The van der Waals surface area contributed by atoms with E-state index in [2.05, 4.69) is 5.32 Å². The van der Waals surface area contributed by atoms with Crippen molar-refractivity contribution >= 4 is 17.2 Å². The molecule has 2 aromatic rings. The first-order valence-corrected chi connectivity index (χ1v) is 7.04. The number of ether oxygens (including phenoxy) is 1. The number of rotatable bonds is 5. The van der Waals surface area contributed by atoms with E-state index in [9.17, 15) is 4.79 Å². The van der Waals surface area contributed by atoms with Gasteiger partial charge in [-0.1, -0.05) is 6.07 Å². The standard InChI is InChI=1S/C15H14N2O2S/c1-11(15(18)17-10-14-3-2-8-20-14)19-13-6-4-12(9-16)5-7-13/h2-8,11H,10H2,1H3,(H,17,18). The van der Waals surface area contributed by atoms with Crippen molar-refractivity contribution in [2.24, 2.45) is 0 Å². The summed E-state index contributed by atoms with van der Waals surface area (Å²) >= 11 is 1.60. The number of nitrogens with zero attached hydrogens (tertiary/aromatic N) is 1. The molecule has 0 aliphatic rings. The van der Waals surface area contributed by atoms with Crippen LogP contribution >= 0.6 is 11.3 Å². The number of thiophene rings is 1. The first-order chi connectivity index (χ1) is 9.69. The number of amides is 1. The highest BCUT2D eigenvalue weighted by Crippen LogP contribution is 2.13. The van der Waals surface area contributed by atoms with Gasteiger partial charge in [0.25, 0.3) is 5.91 Å². The summed E-state index contributed by atoms with van der Waals surface area (Å²) in [4.78, 5) is 13.0. The summed E-state index contributed by atoms with van der Waals surface area (Å²) < 4.78 is 5.53. The van der Waals surface area contributed by atoms with E-state index in [0.717, 1.165) is 4.88 Å². The topological polar surface area (TPSA) is 62.1 Å². The SMILES string of the molecule is CC(Oc1ccc(C#N)cc1)C(=O)NCc1cccs1. The Labute approximate surface area is 121 Å². The molecular formula is C15H14N2O2S. The molecular weight excluding hydrogens is 272 g/mol. The molecule has 0 saturated heterocycles. The third-order valence-electron chi connectivity index (χ3n) is 2.68. The minimum absolute atomic E-state index is 0.164. The molecule has 102 valence electrons. The first-order valence-electron chi connectivity index (χ1n) is 6.16. The Balaban J connectivity index is 1.85. The van der Waals surface area contributed by atoms with E-state index in [1.165, 1.54) is 0 Å². The number of hydrogen-bond acceptors (Lipinski definition) is 4. The lowest BCUT2D eigenvalue weighted by molar-refractivity contribution is -0.127. The maximum absolute atomic E-state index is 11.9. The van der Waals surface area contributed by atoms with Crippen LogP contribution in [0.1, 0.15) is 17.4 Å². The third-order valence-corrected chi connectivity index (χ3v) is 3.56. The fraction of sp³-hybridized carbons (Fsp3) is 0.200. The average Bonchev–Trinajstić information content (AvgIpc) is 2.98. The van der Waals surface area contributed by atoms with Crippen LogP contribution in [0.4, 0.5) is 0 Å². The van der Waals surface area contributed by atoms with Crippen molar-refractivity contribution in [3.63, 3.8) is 0 Å². The zero-order valence-electron chi connectivity index (χ0n) is 11.0. The number of carbonyl (C=O) groups is 1. The third kappa shape index (κ3) is 3.84. The summed E-state index contributed by atoms with van der Waals surface area (Å²) in [5.74, 6) is 0.408. The van der Waals surface area contributed by atoms with E-state index in [4.69, 9.17) is 10.00 Å². The van der Waals surface area contributed by atoms with Gasteiger partial charge in [-0.05, 0) is 42.6 Å². The smallest absolute Gasteiger partial charge is 0.261 e. The van der Waals surface area contributed by atoms with Crippen molar-refractivity contribution in [2.45, 2.75) is 19.6 Å². The van der Waals surface area contributed by atoms with Gasteiger partial charge in [-0.2, -0.15) is 5.26 Å². The Bertz CT molecular complexity index is 600. The quantitative estimate of drug-likeness (QED) is 0.919. The molecule has 0 bridgehead atoms. The lowest BCUT2D eigenvalue weighted by Crippen LogP contribution is -2.35. The van der Waals surface area contributed by atoms with Gasteiger partial charge in [-0.25, -0.2) is 0 Å². The highest BCUT2D eigenvalue weighted by molar-refractivity contribution is 7.09. The number of nitrogens with one attached hydrogen (secondary N) is 1. The first kappa shape index (κ1) is 14.1. The van der Waals surface area contributed by atoms with Gasteiger partial charge in [0.1, 0.15) is 5.75 Å². The Kier molecular flexibility index (Phi) is 4.75. The molecule has 0 aliphatic heterocycles. The fourth-order valence-electron chi connectivity index (χ4n) is 1.60. The summed E-state index contributed by atoms with van der Waals surface area (Å²) in [7, 11) is 0. The highest BCUT2D eigenvalue weighted by Gasteiger charge is 2.14. The summed E-state index contributed by atoms with van der Waals surface area (Å²) in [5.41, 5.74) is 0.562. The largest absolute Gasteiger partial charge is 0.481 e. The zero-order valence-corrected chi connectivity index (χ0v) is 11.8. The van der Waals surface area contributed by atoms with Crippen molar-refractivity contribution in [1.82, 2.24) is 5.32 Å². The van der Waals surface area contributed by atoms with Gasteiger partial charge >= 0.3 is 0 Å². The van der Waals surface area contributed by atoms with Crippen LogP contribution in [0.15, 0.2) is 41.8 Å². The molecule has 0 spiro atoms. The second-order valence-electron chi connectivity index (χ2n) is 4.19. The number of benzene rings is 1. The van der Waals surface area contributed by atoms with E-state index in [-0.39, 0.29) is 5.91 Å². The molecule has 1 atom stereocenters. The Morgan fingerprint density at radius 1 is 1.40 bits per heavy atom. The van der Waals surface area contributed by atoms with Crippen LogP contribution in [0, 0.1) is 11.3 Å². The van der Waals surface area contributed by atoms with Gasteiger partial charge in [-0.15, -0.1) is 11.3 Å². The summed E-state index contributed by atoms with van der Waals surface area (Å²) in [6.45, 7) is 2.21. The maximum Gasteiger partial charge on any atom is 0.261 e. The lowest BCUT2D eigenvalue weighted by Gasteiger charge is -2.14. The molecule has 1 amide bonds.